The number of methoxy groups -OCH3 is 1. The van der Waals surface area contributed by atoms with Crippen LogP contribution in [-0.4, -0.2) is 35.5 Å². The van der Waals surface area contributed by atoms with Gasteiger partial charge in [-0.1, -0.05) is 53.6 Å². The van der Waals surface area contributed by atoms with Crippen molar-refractivity contribution in [3.8, 4) is 22.9 Å². The van der Waals surface area contributed by atoms with Crippen LogP contribution in [0.3, 0.4) is 0 Å². The Labute approximate surface area is 254 Å². The Hall–Kier alpha value is -5.16. The van der Waals surface area contributed by atoms with E-state index in [1.165, 1.54) is 37.6 Å². The molecule has 224 valence electrons. The number of benzene rings is 4. The first kappa shape index (κ1) is 30.3. The first-order chi connectivity index (χ1) is 21.0. The number of hydrogen-bond acceptors (Lipinski definition) is 6. The molecule has 0 fully saturated rings. The van der Waals surface area contributed by atoms with Gasteiger partial charge in [0.1, 0.15) is 0 Å². The summed E-state index contributed by atoms with van der Waals surface area (Å²) >= 11 is 6.47. The standard InChI is InChI=1S/C32H24ClF3N4O4/c1-19-10-12-23(13-11-19)38-28(41)18-44-29-25(33)14-20(15-27(29)43-2)17-37-40-30(21-6-5-7-22(16-21)32(34,35)36)39-26-9-4-3-8-24(26)31(40)42/h3-17H,18H2,1-2H3,(H,38,41). The van der Waals surface area contributed by atoms with Gasteiger partial charge in [0.25, 0.3) is 11.5 Å². The Bertz CT molecular complexity index is 1940. The summed E-state index contributed by atoms with van der Waals surface area (Å²) in [6.45, 7) is 1.58. The van der Waals surface area contributed by atoms with Crippen LogP contribution in [0.1, 0.15) is 16.7 Å². The average molecular weight is 621 g/mol. The lowest BCUT2D eigenvalue weighted by molar-refractivity contribution is -0.137. The van der Waals surface area contributed by atoms with Gasteiger partial charge in [-0.3, -0.25) is 9.59 Å². The van der Waals surface area contributed by atoms with Gasteiger partial charge in [-0.2, -0.15) is 22.9 Å². The number of nitrogens with one attached hydrogen (secondary N) is 1. The van der Waals surface area contributed by atoms with Crippen molar-refractivity contribution in [1.82, 2.24) is 9.66 Å². The molecule has 0 bridgehead atoms. The molecule has 5 rings (SSSR count). The third kappa shape index (κ3) is 6.73. The number of carbonyl (C=O) groups is 1. The second-order valence-corrected chi connectivity index (χ2v) is 10.0. The zero-order valence-electron chi connectivity index (χ0n) is 23.4. The fraction of sp³-hybridized carbons (Fsp3) is 0.125. The van der Waals surface area contributed by atoms with Crippen LogP contribution < -0.4 is 20.3 Å². The van der Waals surface area contributed by atoms with E-state index < -0.39 is 23.2 Å². The molecule has 0 spiro atoms. The van der Waals surface area contributed by atoms with E-state index in [-0.39, 0.29) is 39.9 Å². The number of aromatic nitrogens is 2. The van der Waals surface area contributed by atoms with Crippen molar-refractivity contribution in [2.24, 2.45) is 5.10 Å². The SMILES string of the molecule is COc1cc(C=Nn2c(-c3cccc(C(F)(F)F)c3)nc3ccccc3c2=O)cc(Cl)c1OCC(=O)Nc1ccc(C)cc1. The minimum atomic E-state index is -4.60. The van der Waals surface area contributed by atoms with Gasteiger partial charge in [0, 0.05) is 11.3 Å². The summed E-state index contributed by atoms with van der Waals surface area (Å²) in [6.07, 6.45) is -3.31. The van der Waals surface area contributed by atoms with Crippen molar-refractivity contribution in [1.29, 1.82) is 0 Å². The molecule has 0 saturated carbocycles. The van der Waals surface area contributed by atoms with Gasteiger partial charge in [0.2, 0.25) is 0 Å². The van der Waals surface area contributed by atoms with Crippen LogP contribution in [-0.2, 0) is 11.0 Å². The smallest absolute Gasteiger partial charge is 0.416 e. The van der Waals surface area contributed by atoms with Crippen molar-refractivity contribution in [2.45, 2.75) is 13.1 Å². The molecule has 4 aromatic carbocycles. The van der Waals surface area contributed by atoms with Gasteiger partial charge >= 0.3 is 6.18 Å². The molecule has 1 heterocycles. The van der Waals surface area contributed by atoms with Crippen LogP contribution in [0.25, 0.3) is 22.3 Å². The Kier molecular flexibility index (Phi) is 8.68. The maximum Gasteiger partial charge on any atom is 0.416 e. The van der Waals surface area contributed by atoms with E-state index in [0.717, 1.165) is 22.4 Å². The van der Waals surface area contributed by atoms with E-state index in [9.17, 15) is 22.8 Å². The van der Waals surface area contributed by atoms with Gasteiger partial charge in [0.05, 0.1) is 34.8 Å². The van der Waals surface area contributed by atoms with E-state index >= 15 is 0 Å². The molecular formula is C32H24ClF3N4O4. The molecule has 1 aromatic heterocycles. The number of ether oxygens (including phenoxy) is 2. The number of halogens is 4. The average Bonchev–Trinajstić information content (AvgIpc) is 3.00. The fourth-order valence-electron chi connectivity index (χ4n) is 4.30. The third-order valence-corrected chi connectivity index (χ3v) is 6.74. The summed E-state index contributed by atoms with van der Waals surface area (Å²) in [7, 11) is 1.38. The third-order valence-electron chi connectivity index (χ3n) is 6.46. The highest BCUT2D eigenvalue weighted by Crippen LogP contribution is 2.36. The molecule has 8 nitrogen and oxygen atoms in total. The van der Waals surface area contributed by atoms with Crippen molar-refractivity contribution < 1.29 is 27.4 Å². The van der Waals surface area contributed by atoms with Gasteiger partial charge in [-0.25, -0.2) is 4.98 Å². The van der Waals surface area contributed by atoms with Gasteiger partial charge in [-0.05, 0) is 61.0 Å². The van der Waals surface area contributed by atoms with Crippen molar-refractivity contribution in [3.05, 3.63) is 117 Å². The molecule has 1 N–H and O–H groups in total. The first-order valence-electron chi connectivity index (χ1n) is 13.1. The summed E-state index contributed by atoms with van der Waals surface area (Å²) in [6, 6.07) is 21.2. The second kappa shape index (κ2) is 12.6. The van der Waals surface area contributed by atoms with E-state index in [0.29, 0.717) is 16.8 Å². The van der Waals surface area contributed by atoms with Crippen LogP contribution in [0.5, 0.6) is 11.5 Å². The molecule has 0 aliphatic heterocycles. The summed E-state index contributed by atoms with van der Waals surface area (Å²) in [5.41, 5.74) is 0.893. The minimum Gasteiger partial charge on any atom is -0.493 e. The molecule has 0 atom stereocenters. The van der Waals surface area contributed by atoms with Crippen LogP contribution in [0, 0.1) is 6.92 Å². The first-order valence-corrected chi connectivity index (χ1v) is 13.5. The highest BCUT2D eigenvalue weighted by molar-refractivity contribution is 6.32. The van der Waals surface area contributed by atoms with E-state index in [4.69, 9.17) is 21.1 Å². The van der Waals surface area contributed by atoms with E-state index in [1.54, 1.807) is 36.4 Å². The minimum absolute atomic E-state index is 0.0445. The predicted octanol–water partition coefficient (Wildman–Crippen LogP) is 6.95. The molecule has 0 aliphatic rings. The Morgan fingerprint density at radius 2 is 1.80 bits per heavy atom. The maximum absolute atomic E-state index is 13.5. The number of carbonyl (C=O) groups excluding carboxylic acids is 1. The lowest BCUT2D eigenvalue weighted by Crippen LogP contribution is -2.21. The molecule has 0 saturated heterocycles. The number of para-hydroxylation sites is 1. The Morgan fingerprint density at radius 3 is 2.52 bits per heavy atom. The van der Waals surface area contributed by atoms with E-state index in [1.807, 2.05) is 19.1 Å². The summed E-state index contributed by atoms with van der Waals surface area (Å²) in [4.78, 5) is 30.3. The zero-order valence-corrected chi connectivity index (χ0v) is 24.1. The molecular weight excluding hydrogens is 597 g/mol. The maximum atomic E-state index is 13.5. The summed E-state index contributed by atoms with van der Waals surface area (Å²) < 4.78 is 52.4. The number of rotatable bonds is 8. The number of aryl methyl sites for hydroxylation is 1. The summed E-state index contributed by atoms with van der Waals surface area (Å²) in [5, 5.41) is 7.33. The molecule has 1 amide bonds. The summed E-state index contributed by atoms with van der Waals surface area (Å²) in [5.74, 6) is -0.208. The number of alkyl halides is 3. The lowest BCUT2D eigenvalue weighted by Gasteiger charge is -2.14. The number of anilines is 1. The predicted molar refractivity (Wildman–Crippen MR) is 163 cm³/mol. The van der Waals surface area contributed by atoms with Gasteiger partial charge in [-0.15, -0.1) is 0 Å². The number of fused-ring (bicyclic) bond motifs is 1. The normalized spacial score (nSPS) is 11.6. The van der Waals surface area contributed by atoms with Crippen molar-refractivity contribution in [3.63, 3.8) is 0 Å². The quantitative estimate of drug-likeness (QED) is 0.189. The topological polar surface area (TPSA) is 94.8 Å². The lowest BCUT2D eigenvalue weighted by atomic mass is 10.1. The zero-order chi connectivity index (χ0) is 31.4. The second-order valence-electron chi connectivity index (χ2n) is 9.63. The van der Waals surface area contributed by atoms with Crippen LogP contribution in [0.15, 0.2) is 94.8 Å². The van der Waals surface area contributed by atoms with Crippen molar-refractivity contribution in [2.75, 3.05) is 19.0 Å². The molecule has 0 unspecified atom stereocenters. The van der Waals surface area contributed by atoms with E-state index in [2.05, 4.69) is 15.4 Å². The van der Waals surface area contributed by atoms with Crippen molar-refractivity contribution >= 4 is 40.3 Å². The van der Waals surface area contributed by atoms with Crippen LogP contribution in [0.2, 0.25) is 5.02 Å². The fourth-order valence-corrected chi connectivity index (χ4v) is 4.58. The van der Waals surface area contributed by atoms with Gasteiger partial charge < -0.3 is 14.8 Å². The van der Waals surface area contributed by atoms with Gasteiger partial charge in [0.15, 0.2) is 23.9 Å². The van der Waals surface area contributed by atoms with Crippen LogP contribution in [0.4, 0.5) is 18.9 Å². The Balaban J connectivity index is 1.46. The highest BCUT2D eigenvalue weighted by Gasteiger charge is 2.31. The molecule has 0 aliphatic carbocycles. The van der Waals surface area contributed by atoms with Crippen LogP contribution >= 0.6 is 11.6 Å². The number of amides is 1. The highest BCUT2D eigenvalue weighted by atomic mass is 35.5. The molecule has 0 radical (unpaired) electrons. The molecule has 5 aromatic rings. The monoisotopic (exact) mass is 620 g/mol. The largest absolute Gasteiger partial charge is 0.493 e. The Morgan fingerprint density at radius 1 is 1.05 bits per heavy atom. The molecule has 44 heavy (non-hydrogen) atoms. The number of hydrogen-bond donors (Lipinski definition) is 1. The number of nitrogens with zero attached hydrogens (tertiary/aromatic N) is 3. The molecule has 12 heteroatoms.